The second kappa shape index (κ2) is 9.94. The van der Waals surface area contributed by atoms with Crippen molar-refractivity contribution in [3.8, 4) is 11.5 Å². The molecule has 2 aromatic carbocycles. The number of carbonyl (C=O) groups excluding carboxylic acids is 1. The number of sulfonamides is 1. The van der Waals surface area contributed by atoms with E-state index in [-0.39, 0.29) is 23.4 Å². The molecular weight excluding hydrogens is 460 g/mol. The zero-order valence-electron chi connectivity index (χ0n) is 18.5. The second-order valence-electron chi connectivity index (χ2n) is 7.70. The number of ether oxygens (including phenoxy) is 2. The van der Waals surface area contributed by atoms with Gasteiger partial charge < -0.3 is 14.4 Å². The Morgan fingerprint density at radius 1 is 1.12 bits per heavy atom. The molecule has 1 unspecified atom stereocenters. The van der Waals surface area contributed by atoms with Crippen molar-refractivity contribution < 1.29 is 22.7 Å². The summed E-state index contributed by atoms with van der Waals surface area (Å²) in [6.45, 7) is 0.802. The van der Waals surface area contributed by atoms with Crippen LogP contribution in [0.5, 0.6) is 11.5 Å². The number of amides is 1. The Bertz CT molecular complexity index is 1230. The SMILES string of the molecule is COc1ccc(C2CCCN2C(=O)c2cccc(S(=O)(=O)NCc3cccs3)c2)c(OC)c1. The average molecular weight is 487 g/mol. The lowest BCUT2D eigenvalue weighted by Gasteiger charge is -2.27. The van der Waals surface area contributed by atoms with Crippen LogP contribution < -0.4 is 14.2 Å². The van der Waals surface area contributed by atoms with Crippen LogP contribution in [0.4, 0.5) is 0 Å². The molecule has 4 rings (SSSR count). The number of carbonyl (C=O) groups is 1. The lowest BCUT2D eigenvalue weighted by atomic mass is 10.0. The van der Waals surface area contributed by atoms with Gasteiger partial charge in [0.05, 0.1) is 25.2 Å². The molecule has 1 N–H and O–H groups in total. The van der Waals surface area contributed by atoms with Crippen LogP contribution in [0.3, 0.4) is 0 Å². The zero-order chi connectivity index (χ0) is 23.4. The zero-order valence-corrected chi connectivity index (χ0v) is 20.1. The van der Waals surface area contributed by atoms with E-state index >= 15 is 0 Å². The van der Waals surface area contributed by atoms with E-state index in [0.29, 0.717) is 23.6 Å². The van der Waals surface area contributed by atoms with E-state index in [9.17, 15) is 13.2 Å². The van der Waals surface area contributed by atoms with Crippen molar-refractivity contribution in [2.45, 2.75) is 30.3 Å². The normalized spacial score (nSPS) is 16.1. The Kier molecular flexibility index (Phi) is 7.02. The molecule has 1 atom stereocenters. The van der Waals surface area contributed by atoms with Crippen LogP contribution in [0.25, 0.3) is 0 Å². The lowest BCUT2D eigenvalue weighted by molar-refractivity contribution is 0.0734. The van der Waals surface area contributed by atoms with Crippen LogP contribution >= 0.6 is 11.3 Å². The summed E-state index contributed by atoms with van der Waals surface area (Å²) in [7, 11) is -0.560. The van der Waals surface area contributed by atoms with Crippen molar-refractivity contribution in [3.05, 3.63) is 76.0 Å². The van der Waals surface area contributed by atoms with E-state index in [4.69, 9.17) is 9.47 Å². The van der Waals surface area contributed by atoms with Gasteiger partial charge in [-0.25, -0.2) is 13.1 Å². The quantitative estimate of drug-likeness (QED) is 0.515. The largest absolute Gasteiger partial charge is 0.497 e. The standard InChI is InChI=1S/C24H26N2O5S2/c1-30-18-10-11-21(23(15-18)31-2)22-9-4-12-26(22)24(27)17-6-3-8-20(14-17)33(28,29)25-16-19-7-5-13-32-19/h3,5-8,10-11,13-15,22,25H,4,9,12,16H2,1-2H3. The third-order valence-corrected chi connectivity index (χ3v) is 8.00. The van der Waals surface area contributed by atoms with E-state index < -0.39 is 10.0 Å². The maximum atomic E-state index is 13.4. The molecule has 7 nitrogen and oxygen atoms in total. The molecule has 174 valence electrons. The molecular formula is C24H26N2O5S2. The van der Waals surface area contributed by atoms with Gasteiger partial charge in [-0.1, -0.05) is 12.1 Å². The Hall–Kier alpha value is -2.88. The minimum atomic E-state index is -3.75. The minimum Gasteiger partial charge on any atom is -0.497 e. The van der Waals surface area contributed by atoms with Gasteiger partial charge >= 0.3 is 0 Å². The van der Waals surface area contributed by atoms with Crippen molar-refractivity contribution in [1.29, 1.82) is 0 Å². The van der Waals surface area contributed by atoms with Gasteiger partial charge in [0, 0.05) is 35.2 Å². The smallest absolute Gasteiger partial charge is 0.254 e. The predicted octanol–water partition coefficient (Wildman–Crippen LogP) is 4.22. The first kappa shape index (κ1) is 23.3. The average Bonchev–Trinajstić information content (AvgIpc) is 3.54. The molecule has 0 saturated carbocycles. The van der Waals surface area contributed by atoms with Gasteiger partial charge in [-0.3, -0.25) is 4.79 Å². The van der Waals surface area contributed by atoms with E-state index in [1.54, 1.807) is 31.3 Å². The molecule has 0 spiro atoms. The van der Waals surface area contributed by atoms with E-state index in [0.717, 1.165) is 23.3 Å². The summed E-state index contributed by atoms with van der Waals surface area (Å²) in [5, 5.41) is 1.90. The van der Waals surface area contributed by atoms with Crippen LogP contribution in [0.2, 0.25) is 0 Å². The van der Waals surface area contributed by atoms with Gasteiger partial charge in [0.25, 0.3) is 5.91 Å². The molecule has 9 heteroatoms. The molecule has 1 saturated heterocycles. The van der Waals surface area contributed by atoms with E-state index in [1.807, 2.05) is 35.7 Å². The van der Waals surface area contributed by atoms with E-state index in [1.165, 1.54) is 23.5 Å². The lowest BCUT2D eigenvalue weighted by Crippen LogP contribution is -2.31. The minimum absolute atomic E-state index is 0.0719. The molecule has 1 fully saturated rings. The maximum Gasteiger partial charge on any atom is 0.254 e. The molecule has 0 aliphatic carbocycles. The fraction of sp³-hybridized carbons (Fsp3) is 0.292. The van der Waals surface area contributed by atoms with Gasteiger partial charge in [-0.05, 0) is 54.6 Å². The number of thiophene rings is 1. The monoisotopic (exact) mass is 486 g/mol. The third-order valence-electron chi connectivity index (χ3n) is 5.72. The maximum absolute atomic E-state index is 13.4. The first-order valence-corrected chi connectivity index (χ1v) is 12.9. The summed E-state index contributed by atoms with van der Waals surface area (Å²) >= 11 is 1.48. The van der Waals surface area contributed by atoms with Gasteiger partial charge in [-0.15, -0.1) is 11.3 Å². The first-order chi connectivity index (χ1) is 15.9. The number of nitrogens with zero attached hydrogens (tertiary/aromatic N) is 1. The molecule has 1 amide bonds. The van der Waals surface area contributed by atoms with Gasteiger partial charge in [0.15, 0.2) is 0 Å². The number of hydrogen-bond donors (Lipinski definition) is 1. The highest BCUT2D eigenvalue weighted by Gasteiger charge is 2.33. The number of likely N-dealkylation sites (tertiary alicyclic amines) is 1. The van der Waals surface area contributed by atoms with Crippen molar-refractivity contribution in [2.75, 3.05) is 20.8 Å². The van der Waals surface area contributed by atoms with Crippen molar-refractivity contribution in [3.63, 3.8) is 0 Å². The second-order valence-corrected chi connectivity index (χ2v) is 10.5. The molecule has 1 aliphatic rings. The van der Waals surface area contributed by atoms with Crippen LogP contribution in [-0.4, -0.2) is 40.0 Å². The molecule has 1 aliphatic heterocycles. The first-order valence-electron chi connectivity index (χ1n) is 10.6. The summed E-state index contributed by atoms with van der Waals surface area (Å²) in [6.07, 6.45) is 1.65. The van der Waals surface area contributed by atoms with Crippen molar-refractivity contribution in [2.24, 2.45) is 0 Å². The number of rotatable bonds is 8. The summed E-state index contributed by atoms with van der Waals surface area (Å²) < 4.78 is 39.0. The van der Waals surface area contributed by atoms with Crippen LogP contribution in [0, 0.1) is 0 Å². The van der Waals surface area contributed by atoms with Crippen LogP contribution in [0.15, 0.2) is 64.9 Å². The molecule has 1 aromatic heterocycles. The van der Waals surface area contributed by atoms with Crippen LogP contribution in [0.1, 0.15) is 39.7 Å². The molecule has 0 radical (unpaired) electrons. The van der Waals surface area contributed by atoms with Crippen molar-refractivity contribution in [1.82, 2.24) is 9.62 Å². The van der Waals surface area contributed by atoms with E-state index in [2.05, 4.69) is 4.72 Å². The summed E-state index contributed by atoms with van der Waals surface area (Å²) in [5.41, 5.74) is 1.25. The molecule has 33 heavy (non-hydrogen) atoms. The highest BCUT2D eigenvalue weighted by molar-refractivity contribution is 7.89. The third kappa shape index (κ3) is 5.05. The fourth-order valence-corrected chi connectivity index (χ4v) is 5.84. The Morgan fingerprint density at radius 2 is 1.97 bits per heavy atom. The van der Waals surface area contributed by atoms with Gasteiger partial charge in [-0.2, -0.15) is 0 Å². The highest BCUT2D eigenvalue weighted by atomic mass is 32.2. The summed E-state index contributed by atoms with van der Waals surface area (Å²) in [6, 6.07) is 15.4. The Balaban J connectivity index is 1.56. The number of benzene rings is 2. The van der Waals surface area contributed by atoms with Gasteiger partial charge in [0.1, 0.15) is 11.5 Å². The number of nitrogens with one attached hydrogen (secondary N) is 1. The molecule has 2 heterocycles. The summed E-state index contributed by atoms with van der Waals surface area (Å²) in [5.74, 6) is 1.14. The predicted molar refractivity (Wildman–Crippen MR) is 127 cm³/mol. The highest BCUT2D eigenvalue weighted by Crippen LogP contribution is 2.39. The fourth-order valence-electron chi connectivity index (χ4n) is 4.05. The number of methoxy groups -OCH3 is 2. The topological polar surface area (TPSA) is 84.9 Å². The Labute approximate surface area is 198 Å². The molecule has 0 bridgehead atoms. The number of hydrogen-bond acceptors (Lipinski definition) is 6. The van der Waals surface area contributed by atoms with Crippen molar-refractivity contribution >= 4 is 27.3 Å². The van der Waals surface area contributed by atoms with Gasteiger partial charge in [0.2, 0.25) is 10.0 Å². The molecule has 3 aromatic rings. The van der Waals surface area contributed by atoms with Crippen LogP contribution in [-0.2, 0) is 16.6 Å². The summed E-state index contributed by atoms with van der Waals surface area (Å²) in [4.78, 5) is 16.2. The Morgan fingerprint density at radius 3 is 2.70 bits per heavy atom.